The standard InChI is InChI=1S/C16H25N3S/c1-13-12-14(2)20-16(18-13)17-10-7-11-19(3)15-8-5-4-6-9-15/h4-6,8-9,13-14H,7,10-12H2,1-3H3,(H,17,18). The van der Waals surface area contributed by atoms with Crippen LogP contribution in [0.1, 0.15) is 26.7 Å². The van der Waals surface area contributed by atoms with Gasteiger partial charge in [-0.15, -0.1) is 0 Å². The Morgan fingerprint density at radius 3 is 2.75 bits per heavy atom. The summed E-state index contributed by atoms with van der Waals surface area (Å²) in [6, 6.07) is 11.1. The van der Waals surface area contributed by atoms with Gasteiger partial charge in [-0.25, -0.2) is 0 Å². The molecule has 1 saturated heterocycles. The highest BCUT2D eigenvalue weighted by Crippen LogP contribution is 2.22. The zero-order chi connectivity index (χ0) is 14.4. The lowest BCUT2D eigenvalue weighted by atomic mass is 10.2. The SMILES string of the molecule is CC1CC(C)SC(=NCCCN(C)c2ccccc2)N1. The molecule has 0 aliphatic carbocycles. The van der Waals surface area contributed by atoms with Gasteiger partial charge in [0.25, 0.3) is 0 Å². The smallest absolute Gasteiger partial charge is 0.157 e. The maximum absolute atomic E-state index is 4.69. The number of rotatable bonds is 5. The molecule has 0 bridgehead atoms. The highest BCUT2D eigenvalue weighted by atomic mass is 32.2. The average Bonchev–Trinajstić information content (AvgIpc) is 2.43. The molecule has 0 spiro atoms. The van der Waals surface area contributed by atoms with E-state index >= 15 is 0 Å². The Labute approximate surface area is 126 Å². The average molecular weight is 291 g/mol. The van der Waals surface area contributed by atoms with Crippen LogP contribution in [-0.2, 0) is 0 Å². The van der Waals surface area contributed by atoms with Crippen molar-refractivity contribution in [2.45, 2.75) is 38.0 Å². The Hall–Kier alpha value is -1.16. The second-order valence-electron chi connectivity index (χ2n) is 5.51. The Bertz CT molecular complexity index is 421. The first-order valence-corrected chi connectivity index (χ1v) is 8.27. The summed E-state index contributed by atoms with van der Waals surface area (Å²) in [6.07, 6.45) is 2.31. The minimum Gasteiger partial charge on any atom is -0.375 e. The van der Waals surface area contributed by atoms with Crippen LogP contribution >= 0.6 is 11.8 Å². The molecule has 2 unspecified atom stereocenters. The van der Waals surface area contributed by atoms with Gasteiger partial charge in [-0.1, -0.05) is 36.9 Å². The van der Waals surface area contributed by atoms with Crippen molar-refractivity contribution >= 4 is 22.6 Å². The van der Waals surface area contributed by atoms with Gasteiger partial charge < -0.3 is 10.2 Å². The van der Waals surface area contributed by atoms with Gasteiger partial charge >= 0.3 is 0 Å². The lowest BCUT2D eigenvalue weighted by molar-refractivity contribution is 0.597. The van der Waals surface area contributed by atoms with Gasteiger partial charge in [0.05, 0.1) is 0 Å². The zero-order valence-electron chi connectivity index (χ0n) is 12.7. The number of nitrogens with one attached hydrogen (secondary N) is 1. The molecule has 2 atom stereocenters. The van der Waals surface area contributed by atoms with Gasteiger partial charge in [0.1, 0.15) is 0 Å². The number of amidine groups is 1. The van der Waals surface area contributed by atoms with E-state index in [9.17, 15) is 0 Å². The minimum absolute atomic E-state index is 0.553. The van der Waals surface area contributed by atoms with Crippen LogP contribution in [0.3, 0.4) is 0 Å². The molecule has 110 valence electrons. The molecular weight excluding hydrogens is 266 g/mol. The number of benzene rings is 1. The number of aliphatic imine (C=N–C) groups is 1. The normalized spacial score (nSPS) is 24.4. The van der Waals surface area contributed by atoms with Crippen molar-refractivity contribution in [3.8, 4) is 0 Å². The number of nitrogens with zero attached hydrogens (tertiary/aromatic N) is 2. The second kappa shape index (κ2) is 7.58. The fraction of sp³-hybridized carbons (Fsp3) is 0.562. The molecule has 1 aliphatic heterocycles. The van der Waals surface area contributed by atoms with Gasteiger partial charge in [-0.2, -0.15) is 0 Å². The van der Waals surface area contributed by atoms with Crippen molar-refractivity contribution in [1.82, 2.24) is 5.32 Å². The highest BCUT2D eigenvalue weighted by molar-refractivity contribution is 8.14. The number of para-hydroxylation sites is 1. The van der Waals surface area contributed by atoms with Gasteiger partial charge in [0.15, 0.2) is 5.17 Å². The molecule has 1 fully saturated rings. The van der Waals surface area contributed by atoms with Crippen molar-refractivity contribution in [1.29, 1.82) is 0 Å². The molecule has 1 heterocycles. The minimum atomic E-state index is 0.553. The maximum Gasteiger partial charge on any atom is 0.157 e. The summed E-state index contributed by atoms with van der Waals surface area (Å²) >= 11 is 1.87. The number of anilines is 1. The summed E-state index contributed by atoms with van der Waals surface area (Å²) in [6.45, 7) is 6.44. The molecule has 0 amide bonds. The molecule has 0 aromatic heterocycles. The molecule has 1 aliphatic rings. The van der Waals surface area contributed by atoms with Crippen LogP contribution in [0.5, 0.6) is 0 Å². The fourth-order valence-corrected chi connectivity index (χ4v) is 3.62. The Kier molecular flexibility index (Phi) is 5.77. The molecule has 4 heteroatoms. The summed E-state index contributed by atoms with van der Waals surface area (Å²) in [5.74, 6) is 0. The maximum atomic E-state index is 4.69. The van der Waals surface area contributed by atoms with E-state index < -0.39 is 0 Å². The van der Waals surface area contributed by atoms with Crippen molar-refractivity contribution < 1.29 is 0 Å². The van der Waals surface area contributed by atoms with Crippen LogP contribution in [0.4, 0.5) is 5.69 Å². The van der Waals surface area contributed by atoms with Gasteiger partial charge in [-0.3, -0.25) is 4.99 Å². The topological polar surface area (TPSA) is 27.6 Å². The molecule has 2 rings (SSSR count). The van der Waals surface area contributed by atoms with Gasteiger partial charge in [0.2, 0.25) is 0 Å². The number of thioether (sulfide) groups is 1. The van der Waals surface area contributed by atoms with Crippen molar-refractivity contribution in [3.05, 3.63) is 30.3 Å². The first-order valence-electron chi connectivity index (χ1n) is 7.39. The van der Waals surface area contributed by atoms with E-state index in [-0.39, 0.29) is 0 Å². The first-order chi connectivity index (χ1) is 9.65. The first kappa shape index (κ1) is 15.2. The van der Waals surface area contributed by atoms with Gasteiger partial charge in [0, 0.05) is 37.1 Å². The Balaban J connectivity index is 1.73. The second-order valence-corrected chi connectivity index (χ2v) is 6.93. The Morgan fingerprint density at radius 2 is 2.05 bits per heavy atom. The summed E-state index contributed by atoms with van der Waals surface area (Å²) in [4.78, 5) is 6.98. The van der Waals surface area contributed by atoms with Crippen LogP contribution in [0.15, 0.2) is 35.3 Å². The van der Waals surface area contributed by atoms with E-state index in [0.29, 0.717) is 11.3 Å². The predicted molar refractivity (Wildman–Crippen MR) is 90.9 cm³/mol. The van der Waals surface area contributed by atoms with Crippen LogP contribution in [-0.4, -0.2) is 36.6 Å². The highest BCUT2D eigenvalue weighted by Gasteiger charge is 2.19. The van der Waals surface area contributed by atoms with Crippen molar-refractivity contribution in [3.63, 3.8) is 0 Å². The largest absolute Gasteiger partial charge is 0.375 e. The predicted octanol–water partition coefficient (Wildman–Crippen LogP) is 3.37. The quantitative estimate of drug-likeness (QED) is 0.843. The molecule has 0 saturated carbocycles. The molecule has 20 heavy (non-hydrogen) atoms. The molecule has 1 aromatic rings. The van der Waals surface area contributed by atoms with Crippen molar-refractivity contribution in [2.75, 3.05) is 25.0 Å². The monoisotopic (exact) mass is 291 g/mol. The van der Waals surface area contributed by atoms with E-state index in [2.05, 4.69) is 61.4 Å². The lowest BCUT2D eigenvalue weighted by Crippen LogP contribution is -2.38. The zero-order valence-corrected chi connectivity index (χ0v) is 13.5. The van der Waals surface area contributed by atoms with E-state index in [1.165, 1.54) is 12.1 Å². The molecular formula is C16H25N3S. The number of hydrogen-bond acceptors (Lipinski definition) is 3. The van der Waals surface area contributed by atoms with E-state index in [4.69, 9.17) is 4.99 Å². The van der Waals surface area contributed by atoms with Crippen LogP contribution in [0.2, 0.25) is 0 Å². The third-order valence-corrected chi connectivity index (χ3v) is 4.54. The fourth-order valence-electron chi connectivity index (χ4n) is 2.42. The summed E-state index contributed by atoms with van der Waals surface area (Å²) in [5, 5.41) is 5.27. The van der Waals surface area contributed by atoms with Crippen LogP contribution in [0.25, 0.3) is 0 Å². The Morgan fingerprint density at radius 1 is 1.30 bits per heavy atom. The van der Waals surface area contributed by atoms with Crippen LogP contribution < -0.4 is 10.2 Å². The van der Waals surface area contributed by atoms with E-state index in [1.807, 2.05) is 11.8 Å². The summed E-state index contributed by atoms with van der Waals surface area (Å²) < 4.78 is 0. The molecule has 0 radical (unpaired) electrons. The van der Waals surface area contributed by atoms with E-state index in [1.54, 1.807) is 0 Å². The summed E-state index contributed by atoms with van der Waals surface area (Å²) in [5.41, 5.74) is 1.27. The summed E-state index contributed by atoms with van der Waals surface area (Å²) in [7, 11) is 2.14. The van der Waals surface area contributed by atoms with Crippen molar-refractivity contribution in [2.24, 2.45) is 4.99 Å². The molecule has 1 N–H and O–H groups in total. The third-order valence-electron chi connectivity index (χ3n) is 3.47. The molecule has 1 aromatic carbocycles. The lowest BCUT2D eigenvalue weighted by Gasteiger charge is -2.27. The third kappa shape index (κ3) is 4.75. The number of hydrogen-bond donors (Lipinski definition) is 1. The van der Waals surface area contributed by atoms with Gasteiger partial charge in [-0.05, 0) is 31.9 Å². The molecule has 3 nitrogen and oxygen atoms in total. The van der Waals surface area contributed by atoms with Crippen LogP contribution in [0, 0.1) is 0 Å². The van der Waals surface area contributed by atoms with E-state index in [0.717, 1.165) is 24.7 Å².